The number of rotatable bonds is 10. The zero-order valence-corrected chi connectivity index (χ0v) is 26.2. The van der Waals surface area contributed by atoms with Gasteiger partial charge in [0.1, 0.15) is 23.0 Å². The maximum absolute atomic E-state index is 12.6. The molecule has 0 aliphatic heterocycles. The van der Waals surface area contributed by atoms with Crippen molar-refractivity contribution in [3.05, 3.63) is 120 Å². The van der Waals surface area contributed by atoms with Crippen LogP contribution in [0.2, 0.25) is 0 Å². The lowest BCUT2D eigenvalue weighted by molar-refractivity contribution is -0.128. The molecule has 0 unspecified atom stereocenters. The highest BCUT2D eigenvalue weighted by Gasteiger charge is 2.36. The highest BCUT2D eigenvalue weighted by molar-refractivity contribution is 5.89. The molecule has 0 atom stereocenters. The van der Waals surface area contributed by atoms with Crippen molar-refractivity contribution in [1.82, 2.24) is 0 Å². The van der Waals surface area contributed by atoms with Gasteiger partial charge >= 0.3 is 18.3 Å². The van der Waals surface area contributed by atoms with E-state index in [1.807, 2.05) is 30.3 Å². The average Bonchev–Trinajstić information content (AvgIpc) is 3.30. The van der Waals surface area contributed by atoms with Crippen molar-refractivity contribution in [1.29, 1.82) is 0 Å². The van der Waals surface area contributed by atoms with Crippen LogP contribution >= 0.6 is 0 Å². The predicted molar refractivity (Wildman–Crippen MR) is 173 cm³/mol. The Morgan fingerprint density at radius 3 is 1.66 bits per heavy atom. The van der Waals surface area contributed by atoms with Crippen LogP contribution in [0.15, 0.2) is 97.3 Å². The van der Waals surface area contributed by atoms with Gasteiger partial charge in [0.25, 0.3) is 0 Å². The number of ether oxygens (including phenoxy) is 7. The number of hydrogen-bond acceptors (Lipinski definition) is 10. The van der Waals surface area contributed by atoms with Crippen LogP contribution in [0.25, 0.3) is 23.3 Å². The summed E-state index contributed by atoms with van der Waals surface area (Å²) in [6, 6.07) is 25.0. The molecule has 10 heteroatoms. The lowest BCUT2D eigenvalue weighted by Gasteiger charge is -2.22. The van der Waals surface area contributed by atoms with E-state index in [1.165, 1.54) is 26.6 Å². The number of methoxy groups -OCH3 is 2. The van der Waals surface area contributed by atoms with Crippen LogP contribution in [0.3, 0.4) is 0 Å². The summed E-state index contributed by atoms with van der Waals surface area (Å²) in [7, 11) is 2.48. The van der Waals surface area contributed by atoms with Gasteiger partial charge in [0.15, 0.2) is 0 Å². The van der Waals surface area contributed by atoms with E-state index in [-0.39, 0.29) is 12.2 Å². The number of carbonyl (C=O) groups excluding carboxylic acids is 3. The quantitative estimate of drug-likeness (QED) is 0.0323. The molecule has 4 aromatic rings. The Morgan fingerprint density at radius 1 is 0.617 bits per heavy atom. The van der Waals surface area contributed by atoms with Crippen molar-refractivity contribution in [2.45, 2.75) is 19.3 Å². The monoisotopic (exact) mass is 636 g/mol. The molecule has 0 amide bonds. The Kier molecular flexibility index (Phi) is 9.90. The van der Waals surface area contributed by atoms with Gasteiger partial charge in [-0.1, -0.05) is 50.2 Å². The summed E-state index contributed by atoms with van der Waals surface area (Å²) >= 11 is 0. The van der Waals surface area contributed by atoms with E-state index in [0.29, 0.717) is 23.0 Å². The third-order valence-electron chi connectivity index (χ3n) is 7.40. The zero-order chi connectivity index (χ0) is 33.4. The molecule has 5 rings (SSSR count). The van der Waals surface area contributed by atoms with Gasteiger partial charge in [-0.15, -0.1) is 0 Å². The molecule has 0 radical (unpaired) electrons. The molecule has 1 aliphatic carbocycles. The van der Waals surface area contributed by atoms with Crippen molar-refractivity contribution >= 4 is 30.4 Å². The fourth-order valence-corrected chi connectivity index (χ4v) is 5.00. The summed E-state index contributed by atoms with van der Waals surface area (Å²) in [5.41, 5.74) is 5.45. The maximum Gasteiger partial charge on any atom is 0.513 e. The Hall–Kier alpha value is -6.03. The number of carbonyl (C=O) groups is 3. The van der Waals surface area contributed by atoms with Crippen LogP contribution in [0, 0.1) is 0 Å². The second kappa shape index (κ2) is 14.4. The third kappa shape index (κ3) is 7.98. The van der Waals surface area contributed by atoms with E-state index in [1.54, 1.807) is 66.7 Å². The van der Waals surface area contributed by atoms with Crippen LogP contribution in [0.1, 0.15) is 36.1 Å². The number of fused-ring (bicyclic) bond motifs is 3. The molecule has 4 aromatic carbocycles. The summed E-state index contributed by atoms with van der Waals surface area (Å²) in [4.78, 5) is 35.0. The molecule has 0 aromatic heterocycles. The second-order valence-corrected chi connectivity index (χ2v) is 10.8. The number of esters is 1. The normalized spacial score (nSPS) is 12.6. The van der Waals surface area contributed by atoms with Crippen LogP contribution in [0.5, 0.6) is 23.0 Å². The highest BCUT2D eigenvalue weighted by Crippen LogP contribution is 2.50. The first-order valence-electron chi connectivity index (χ1n) is 14.5. The minimum Gasteiger partial charge on any atom is -0.465 e. The van der Waals surface area contributed by atoms with Crippen LogP contribution in [-0.2, 0) is 24.4 Å². The predicted octanol–water partition coefficient (Wildman–Crippen LogP) is 7.93. The highest BCUT2D eigenvalue weighted by atomic mass is 16.7. The van der Waals surface area contributed by atoms with E-state index in [0.717, 1.165) is 33.4 Å². The van der Waals surface area contributed by atoms with Crippen LogP contribution < -0.4 is 18.9 Å². The van der Waals surface area contributed by atoms with Gasteiger partial charge in [0.2, 0.25) is 6.79 Å². The SMILES string of the molecule is COC(=O)Oc1ccc(C=COCOc2ccc3c(c2)C(C)(C)c2cc(OC(=O)C=Cc4ccc(OC(=O)OC)cc4)ccc2-3)cc1. The van der Waals surface area contributed by atoms with E-state index < -0.39 is 18.3 Å². The number of hydrogen-bond donors (Lipinski definition) is 0. The average molecular weight is 637 g/mol. The molecular weight excluding hydrogens is 604 g/mol. The third-order valence-corrected chi connectivity index (χ3v) is 7.40. The minimum atomic E-state index is -0.808. The summed E-state index contributed by atoms with van der Waals surface area (Å²) < 4.78 is 35.9. The Bertz CT molecular complexity index is 1820. The van der Waals surface area contributed by atoms with Crippen molar-refractivity contribution in [3.63, 3.8) is 0 Å². The summed E-state index contributed by atoms with van der Waals surface area (Å²) in [5.74, 6) is 1.27. The van der Waals surface area contributed by atoms with Gasteiger partial charge in [-0.3, -0.25) is 0 Å². The Morgan fingerprint density at radius 2 is 1.11 bits per heavy atom. The number of benzene rings is 4. The Labute approximate surface area is 271 Å². The summed E-state index contributed by atoms with van der Waals surface area (Å²) in [6.45, 7) is 4.23. The van der Waals surface area contributed by atoms with Gasteiger partial charge < -0.3 is 33.2 Å². The molecule has 0 heterocycles. The second-order valence-electron chi connectivity index (χ2n) is 10.8. The molecule has 0 N–H and O–H groups in total. The molecule has 0 saturated carbocycles. The van der Waals surface area contributed by atoms with Gasteiger partial charge in [0, 0.05) is 11.5 Å². The summed E-state index contributed by atoms with van der Waals surface area (Å²) in [6.07, 6.45) is 4.65. The van der Waals surface area contributed by atoms with Gasteiger partial charge in [-0.05, 0) is 94.1 Å². The molecule has 0 spiro atoms. The molecule has 0 bridgehead atoms. The first kappa shape index (κ1) is 32.4. The van der Waals surface area contributed by atoms with Gasteiger partial charge in [-0.25, -0.2) is 14.4 Å². The molecule has 47 heavy (non-hydrogen) atoms. The van der Waals surface area contributed by atoms with Gasteiger partial charge in [-0.2, -0.15) is 0 Å². The standard InChI is InChI=1S/C37H32O10/c1-37(2)32-21-28(44-23-43-20-19-25-7-12-27(13-8-25)47-36(40)42-4)14-16-30(32)31-17-15-29(22-33(31)37)45-34(38)18-9-24-5-10-26(11-6-24)46-35(39)41-3/h5-22H,23H2,1-4H3. The summed E-state index contributed by atoms with van der Waals surface area (Å²) in [5, 5.41) is 0. The van der Waals surface area contributed by atoms with E-state index in [9.17, 15) is 14.4 Å². The van der Waals surface area contributed by atoms with Gasteiger partial charge in [0.05, 0.1) is 20.5 Å². The largest absolute Gasteiger partial charge is 0.513 e. The molecular formula is C37H32O10. The fourth-order valence-electron chi connectivity index (χ4n) is 5.00. The molecule has 240 valence electrons. The Balaban J connectivity index is 1.16. The first-order chi connectivity index (χ1) is 22.7. The lowest BCUT2D eigenvalue weighted by atomic mass is 9.82. The van der Waals surface area contributed by atoms with E-state index in [2.05, 4.69) is 23.3 Å². The lowest BCUT2D eigenvalue weighted by Crippen LogP contribution is -2.15. The fraction of sp³-hybridized carbons (Fsp3) is 0.162. The first-order valence-corrected chi connectivity index (χ1v) is 14.5. The molecule has 0 saturated heterocycles. The van der Waals surface area contributed by atoms with E-state index >= 15 is 0 Å². The smallest absolute Gasteiger partial charge is 0.465 e. The maximum atomic E-state index is 12.6. The molecule has 0 fully saturated rings. The van der Waals surface area contributed by atoms with Crippen molar-refractivity contribution in [2.75, 3.05) is 21.0 Å². The van der Waals surface area contributed by atoms with Crippen molar-refractivity contribution in [2.24, 2.45) is 0 Å². The van der Waals surface area contributed by atoms with Crippen molar-refractivity contribution < 1.29 is 47.5 Å². The van der Waals surface area contributed by atoms with E-state index in [4.69, 9.17) is 23.7 Å². The minimum absolute atomic E-state index is 0.00519. The molecule has 1 aliphatic rings. The van der Waals surface area contributed by atoms with Crippen molar-refractivity contribution in [3.8, 4) is 34.1 Å². The van der Waals surface area contributed by atoms with Crippen LogP contribution in [0.4, 0.5) is 9.59 Å². The zero-order valence-electron chi connectivity index (χ0n) is 26.2. The molecule has 10 nitrogen and oxygen atoms in total. The van der Waals surface area contributed by atoms with Crippen LogP contribution in [-0.4, -0.2) is 39.3 Å². The topological polar surface area (TPSA) is 116 Å².